The second-order valence-electron chi connectivity index (χ2n) is 4.82. The molecule has 2 aromatic rings. The van der Waals surface area contributed by atoms with Crippen molar-refractivity contribution in [1.29, 1.82) is 0 Å². The number of nitrogens with zero attached hydrogens (tertiary/aromatic N) is 3. The van der Waals surface area contributed by atoms with Gasteiger partial charge in [0.05, 0.1) is 12.6 Å². The zero-order chi connectivity index (χ0) is 19.8. The van der Waals surface area contributed by atoms with E-state index >= 15 is 0 Å². The van der Waals surface area contributed by atoms with E-state index in [-0.39, 0.29) is 6.04 Å². The summed E-state index contributed by atoms with van der Waals surface area (Å²) in [5.74, 6) is 1.16. The van der Waals surface area contributed by atoms with Crippen LogP contribution in [0.1, 0.15) is 59.6 Å². The lowest BCUT2D eigenvalue weighted by molar-refractivity contribution is 0.134. The molecule has 1 aromatic heterocycles. The van der Waals surface area contributed by atoms with E-state index in [1.807, 2.05) is 65.8 Å². The highest BCUT2D eigenvalue weighted by atomic mass is 16.5. The summed E-state index contributed by atoms with van der Waals surface area (Å²) in [4.78, 5) is 10.6. The Bertz CT molecular complexity index is 563. The van der Waals surface area contributed by atoms with Crippen LogP contribution in [0.15, 0.2) is 42.6 Å². The second kappa shape index (κ2) is 15.1. The quantitative estimate of drug-likeness (QED) is 0.806. The number of aromatic nitrogens is 2. The zero-order valence-electron chi connectivity index (χ0n) is 17.3. The van der Waals surface area contributed by atoms with Gasteiger partial charge in [0.2, 0.25) is 5.95 Å². The Morgan fingerprint density at radius 2 is 1.65 bits per heavy atom. The van der Waals surface area contributed by atoms with Crippen molar-refractivity contribution in [2.45, 2.75) is 54.0 Å². The predicted octanol–water partition coefficient (Wildman–Crippen LogP) is 5.11. The van der Waals surface area contributed by atoms with Crippen LogP contribution in [0.5, 0.6) is 0 Å². The van der Waals surface area contributed by atoms with Crippen LogP contribution in [0, 0.1) is 0 Å². The fraction of sp³-hybridized carbons (Fsp3) is 0.524. The molecule has 0 spiro atoms. The maximum Gasteiger partial charge on any atom is 0.221 e. The molecule has 3 rings (SSSR count). The fourth-order valence-corrected chi connectivity index (χ4v) is 2.53. The Hall–Kier alpha value is -2.14. The Morgan fingerprint density at radius 3 is 2.27 bits per heavy atom. The van der Waals surface area contributed by atoms with Crippen LogP contribution < -0.4 is 10.6 Å². The van der Waals surface area contributed by atoms with Gasteiger partial charge in [0.25, 0.3) is 0 Å². The smallest absolute Gasteiger partial charge is 0.221 e. The van der Waals surface area contributed by atoms with Crippen LogP contribution in [0.4, 0.5) is 11.8 Å². The monoisotopic (exact) mass is 360 g/mol. The lowest BCUT2D eigenvalue weighted by atomic mass is 10.1. The third kappa shape index (κ3) is 7.40. The van der Waals surface area contributed by atoms with Crippen molar-refractivity contribution < 1.29 is 4.74 Å². The molecular formula is C21H36N4O. The molecule has 1 aliphatic rings. The second-order valence-corrected chi connectivity index (χ2v) is 4.82. The molecule has 5 heteroatoms. The van der Waals surface area contributed by atoms with Gasteiger partial charge in [-0.05, 0) is 18.1 Å². The van der Waals surface area contributed by atoms with E-state index in [9.17, 15) is 0 Å². The summed E-state index contributed by atoms with van der Waals surface area (Å²) in [6.45, 7) is 14.3. The summed E-state index contributed by atoms with van der Waals surface area (Å²) < 4.78 is 5.73. The molecule has 26 heavy (non-hydrogen) atoms. The Labute approximate surface area is 159 Å². The molecule has 2 heterocycles. The number of nitrogen functional groups attached to an aromatic ring is 1. The number of rotatable bonds is 2. The molecule has 1 fully saturated rings. The first-order valence-electron chi connectivity index (χ1n) is 9.82. The lowest BCUT2D eigenvalue weighted by Gasteiger charge is -2.30. The van der Waals surface area contributed by atoms with Crippen LogP contribution in [-0.2, 0) is 4.74 Å². The molecule has 0 amide bonds. The first kappa shape index (κ1) is 23.9. The Morgan fingerprint density at radius 1 is 1.00 bits per heavy atom. The number of hydrogen-bond donors (Lipinski definition) is 1. The molecule has 1 aromatic carbocycles. The van der Waals surface area contributed by atoms with Gasteiger partial charge in [0.15, 0.2) is 0 Å². The van der Waals surface area contributed by atoms with E-state index in [4.69, 9.17) is 10.5 Å². The number of benzene rings is 1. The molecule has 1 unspecified atom stereocenters. The van der Waals surface area contributed by atoms with Crippen molar-refractivity contribution in [3.8, 4) is 0 Å². The first-order chi connectivity index (χ1) is 12.8. The summed E-state index contributed by atoms with van der Waals surface area (Å²) in [6.07, 6.45) is 2.68. The lowest BCUT2D eigenvalue weighted by Crippen LogP contribution is -2.31. The standard InChI is InChI=1S/C15H18N4O.3C2H6/c16-15-17-8-7-14(18-15)19-9-4-10-20-11-13(19)12-5-2-1-3-6-12;3*1-2/h1-3,5-8,13H,4,9-11H2,(H2,16,17,18);3*1-2H3. The third-order valence-electron chi connectivity index (χ3n) is 3.48. The first-order valence-corrected chi connectivity index (χ1v) is 9.82. The van der Waals surface area contributed by atoms with Crippen molar-refractivity contribution in [3.05, 3.63) is 48.2 Å². The van der Waals surface area contributed by atoms with Gasteiger partial charge in [-0.1, -0.05) is 71.9 Å². The van der Waals surface area contributed by atoms with E-state index in [0.29, 0.717) is 12.6 Å². The molecular weight excluding hydrogens is 324 g/mol. The maximum absolute atomic E-state index is 5.73. The number of nitrogens with two attached hydrogens (primary N) is 1. The molecule has 2 N–H and O–H groups in total. The predicted molar refractivity (Wildman–Crippen MR) is 112 cm³/mol. The summed E-state index contributed by atoms with van der Waals surface area (Å²) in [5.41, 5.74) is 6.94. The molecule has 1 aliphatic heterocycles. The van der Waals surface area contributed by atoms with E-state index in [0.717, 1.165) is 25.4 Å². The van der Waals surface area contributed by atoms with Crippen molar-refractivity contribution in [1.82, 2.24) is 9.97 Å². The molecule has 1 atom stereocenters. The number of anilines is 2. The summed E-state index contributed by atoms with van der Waals surface area (Å²) in [6, 6.07) is 12.4. The van der Waals surface area contributed by atoms with Crippen molar-refractivity contribution >= 4 is 11.8 Å². The largest absolute Gasteiger partial charge is 0.379 e. The van der Waals surface area contributed by atoms with Gasteiger partial charge in [-0.25, -0.2) is 4.98 Å². The number of hydrogen-bond acceptors (Lipinski definition) is 5. The third-order valence-corrected chi connectivity index (χ3v) is 3.48. The van der Waals surface area contributed by atoms with Crippen LogP contribution >= 0.6 is 0 Å². The Kier molecular flexibility index (Phi) is 13.9. The van der Waals surface area contributed by atoms with Gasteiger partial charge >= 0.3 is 0 Å². The average molecular weight is 361 g/mol. The van der Waals surface area contributed by atoms with Crippen LogP contribution in [0.2, 0.25) is 0 Å². The van der Waals surface area contributed by atoms with E-state index in [1.54, 1.807) is 6.20 Å². The summed E-state index contributed by atoms with van der Waals surface area (Å²) in [5, 5.41) is 0. The topological polar surface area (TPSA) is 64.3 Å². The van der Waals surface area contributed by atoms with E-state index in [2.05, 4.69) is 27.0 Å². The zero-order valence-corrected chi connectivity index (χ0v) is 17.3. The Balaban J connectivity index is 0.000000948. The molecule has 0 aliphatic carbocycles. The normalized spacial score (nSPS) is 15.8. The molecule has 5 nitrogen and oxygen atoms in total. The van der Waals surface area contributed by atoms with Crippen LogP contribution in [0.25, 0.3) is 0 Å². The highest BCUT2D eigenvalue weighted by Crippen LogP contribution is 2.28. The highest BCUT2D eigenvalue weighted by molar-refractivity contribution is 5.44. The molecule has 0 bridgehead atoms. The van der Waals surface area contributed by atoms with Gasteiger partial charge in [-0.15, -0.1) is 0 Å². The molecule has 146 valence electrons. The van der Waals surface area contributed by atoms with E-state index in [1.165, 1.54) is 5.56 Å². The molecule has 0 saturated carbocycles. The SMILES string of the molecule is CC.CC.CC.Nc1nccc(N2CCCOCC2c2ccccc2)n1. The van der Waals surface area contributed by atoms with Crippen molar-refractivity contribution in [2.75, 3.05) is 30.4 Å². The van der Waals surface area contributed by atoms with Gasteiger partial charge < -0.3 is 15.4 Å². The minimum absolute atomic E-state index is 0.160. The van der Waals surface area contributed by atoms with Gasteiger partial charge in [-0.3, -0.25) is 0 Å². The highest BCUT2D eigenvalue weighted by Gasteiger charge is 2.24. The van der Waals surface area contributed by atoms with Gasteiger partial charge in [0, 0.05) is 19.3 Å². The summed E-state index contributed by atoms with van der Waals surface area (Å²) >= 11 is 0. The summed E-state index contributed by atoms with van der Waals surface area (Å²) in [7, 11) is 0. The van der Waals surface area contributed by atoms with Crippen LogP contribution in [-0.4, -0.2) is 29.7 Å². The van der Waals surface area contributed by atoms with Gasteiger partial charge in [-0.2, -0.15) is 4.98 Å². The minimum atomic E-state index is 0.160. The molecule has 1 saturated heterocycles. The van der Waals surface area contributed by atoms with Gasteiger partial charge in [0.1, 0.15) is 5.82 Å². The fourth-order valence-electron chi connectivity index (χ4n) is 2.53. The van der Waals surface area contributed by atoms with Crippen LogP contribution in [0.3, 0.4) is 0 Å². The van der Waals surface area contributed by atoms with Crippen molar-refractivity contribution in [3.63, 3.8) is 0 Å². The van der Waals surface area contributed by atoms with Crippen molar-refractivity contribution in [2.24, 2.45) is 0 Å². The maximum atomic E-state index is 5.73. The minimum Gasteiger partial charge on any atom is -0.379 e. The molecule has 0 radical (unpaired) electrons. The van der Waals surface area contributed by atoms with E-state index < -0.39 is 0 Å². The average Bonchev–Trinajstić information content (AvgIpc) is 2.99. The number of ether oxygens (including phenoxy) is 1.